The Balaban J connectivity index is 1.33. The topological polar surface area (TPSA) is 141 Å². The van der Waals surface area contributed by atoms with Gasteiger partial charge < -0.3 is 28.6 Å². The molecule has 0 radical (unpaired) electrons. The van der Waals surface area contributed by atoms with E-state index in [1.807, 2.05) is 0 Å². The zero-order chi connectivity index (χ0) is 29.6. The van der Waals surface area contributed by atoms with Crippen LogP contribution in [0.5, 0.6) is 0 Å². The fraction of sp³-hybridized carbons (Fsp3) is 0.417. The van der Waals surface area contributed by atoms with Crippen LogP contribution in [0.25, 0.3) is 0 Å². The molecular formula is C24H29Cl3N5O7P3. The number of fused-ring (bicyclic) bond motifs is 3. The van der Waals surface area contributed by atoms with Gasteiger partial charge in [-0.05, 0) is 39.8 Å². The minimum Gasteiger partial charge on any atom is -0.383 e. The Morgan fingerprint density at radius 3 is 1.95 bits per heavy atom. The molecule has 0 spiro atoms. The number of nitrogens with one attached hydrogen (secondary N) is 2. The summed E-state index contributed by atoms with van der Waals surface area (Å²) in [6, 6.07) is 11.9. The number of anilines is 1. The van der Waals surface area contributed by atoms with Crippen LogP contribution >= 0.6 is 54.0 Å². The van der Waals surface area contributed by atoms with Crippen LogP contribution in [-0.4, -0.2) is 77.5 Å². The van der Waals surface area contributed by atoms with Gasteiger partial charge in [0.25, 0.3) is 13.5 Å². The van der Waals surface area contributed by atoms with Crippen LogP contribution in [-0.2, 0) is 23.3 Å². The summed E-state index contributed by atoms with van der Waals surface area (Å²) in [6.45, 7) is -0.486. The fourth-order valence-corrected chi connectivity index (χ4v) is 17.5. The Hall–Kier alpha value is -1.10. The van der Waals surface area contributed by atoms with E-state index >= 15 is 0 Å². The predicted octanol–water partition coefficient (Wildman–Crippen LogP) is 7.13. The van der Waals surface area contributed by atoms with Crippen molar-refractivity contribution in [2.24, 2.45) is 13.5 Å². The second-order valence-corrected chi connectivity index (χ2v) is 19.6. The molecule has 5 rings (SSSR count). The van der Waals surface area contributed by atoms with Gasteiger partial charge in [-0.3, -0.25) is 9.59 Å². The lowest BCUT2D eigenvalue weighted by molar-refractivity contribution is 0.00555. The van der Waals surface area contributed by atoms with Gasteiger partial charge >= 0.3 is 6.78 Å². The molecule has 0 aromatic heterocycles. The Morgan fingerprint density at radius 2 is 1.26 bits per heavy atom. The highest BCUT2D eigenvalue weighted by atomic mass is 35.9. The number of ketones is 2. The number of nitrogens with zero attached hydrogens (tertiary/aromatic N) is 3. The van der Waals surface area contributed by atoms with Gasteiger partial charge in [0.05, 0.1) is 58.4 Å². The van der Waals surface area contributed by atoms with Gasteiger partial charge in [-0.1, -0.05) is 36.4 Å². The van der Waals surface area contributed by atoms with Crippen LogP contribution in [0.3, 0.4) is 0 Å². The summed E-state index contributed by atoms with van der Waals surface area (Å²) in [6.07, 6.45) is 0. The molecule has 12 nitrogen and oxygen atoms in total. The Morgan fingerprint density at radius 1 is 0.667 bits per heavy atom. The number of carbonyl (C=O) groups excluding carboxylic acids is 2. The summed E-state index contributed by atoms with van der Waals surface area (Å²) in [7, 11) is -3.26. The van der Waals surface area contributed by atoms with E-state index in [1.54, 1.807) is 42.5 Å². The van der Waals surface area contributed by atoms with E-state index in [1.165, 1.54) is 0 Å². The Kier molecular flexibility index (Phi) is 11.0. The first-order chi connectivity index (χ1) is 20.2. The van der Waals surface area contributed by atoms with Gasteiger partial charge in [-0.15, -0.1) is 0 Å². The summed E-state index contributed by atoms with van der Waals surface area (Å²) in [5.41, 5.74) is 1.98. The van der Waals surface area contributed by atoms with Crippen molar-refractivity contribution in [1.82, 2.24) is 5.09 Å². The molecule has 0 amide bonds. The molecule has 2 atom stereocenters. The summed E-state index contributed by atoms with van der Waals surface area (Å²) in [5.74, 6) is -3.72. The lowest BCUT2D eigenvalue weighted by Gasteiger charge is -2.29. The largest absolute Gasteiger partial charge is 0.383 e. The molecule has 42 heavy (non-hydrogen) atoms. The van der Waals surface area contributed by atoms with Crippen molar-refractivity contribution in [1.29, 1.82) is 0 Å². The second kappa shape index (κ2) is 14.3. The smallest absolute Gasteiger partial charge is 0.300 e. The molecule has 2 bridgehead atoms. The van der Waals surface area contributed by atoms with E-state index in [-0.39, 0.29) is 44.5 Å². The average Bonchev–Trinajstić information content (AvgIpc) is 2.95. The molecule has 3 aliphatic rings. The maximum atomic E-state index is 13.3. The highest BCUT2D eigenvalue weighted by molar-refractivity contribution is 8.15. The molecule has 0 saturated carbocycles. The SMILES string of the molecule is O=C1c2ccccc2C(=O)c2c(NCCNP34=NP(Cl)(=NP(Cl)(Cl)=N3)OCCOCCOCCOCCO4)cccc21. The van der Waals surface area contributed by atoms with E-state index in [0.717, 1.165) is 0 Å². The van der Waals surface area contributed by atoms with Gasteiger partial charge in [0.2, 0.25) is 0 Å². The normalized spacial score (nSPS) is 26.5. The van der Waals surface area contributed by atoms with E-state index in [2.05, 4.69) is 24.0 Å². The number of carbonyl (C=O) groups is 2. The third-order valence-corrected chi connectivity index (χ3v) is 17.2. The third-order valence-electron chi connectivity index (χ3n) is 6.12. The van der Waals surface area contributed by atoms with Crippen molar-refractivity contribution in [3.63, 3.8) is 0 Å². The van der Waals surface area contributed by atoms with Crippen molar-refractivity contribution in [2.45, 2.75) is 0 Å². The van der Waals surface area contributed by atoms with Gasteiger partial charge in [-0.25, -0.2) is 5.09 Å². The van der Waals surface area contributed by atoms with Crippen LogP contribution in [0.1, 0.15) is 31.8 Å². The van der Waals surface area contributed by atoms with E-state index in [9.17, 15) is 9.59 Å². The average molecular weight is 699 g/mol. The third kappa shape index (κ3) is 7.94. The first kappa shape index (κ1) is 32.3. The Bertz CT molecular complexity index is 1520. The van der Waals surface area contributed by atoms with Crippen molar-refractivity contribution in [3.05, 3.63) is 64.7 Å². The summed E-state index contributed by atoms with van der Waals surface area (Å²) in [4.78, 5) is 26.4. The van der Waals surface area contributed by atoms with E-state index in [0.29, 0.717) is 60.9 Å². The molecule has 228 valence electrons. The summed E-state index contributed by atoms with van der Waals surface area (Å²) < 4.78 is 41.8. The maximum Gasteiger partial charge on any atom is 0.300 e. The van der Waals surface area contributed by atoms with Gasteiger partial charge in [0.1, 0.15) is 0 Å². The summed E-state index contributed by atoms with van der Waals surface area (Å²) in [5, 5.41) is 6.47. The lowest BCUT2D eigenvalue weighted by Crippen LogP contribution is -2.25. The van der Waals surface area contributed by atoms with Crippen LogP contribution in [0.4, 0.5) is 5.69 Å². The zero-order valence-electron chi connectivity index (χ0n) is 22.3. The number of hydrogen-bond acceptors (Lipinski definition) is 12. The predicted molar refractivity (Wildman–Crippen MR) is 166 cm³/mol. The molecule has 2 heterocycles. The molecule has 0 saturated heterocycles. The monoisotopic (exact) mass is 697 g/mol. The van der Waals surface area contributed by atoms with Crippen molar-refractivity contribution in [3.8, 4) is 0 Å². The molecule has 0 fully saturated rings. The highest BCUT2D eigenvalue weighted by Gasteiger charge is 2.37. The van der Waals surface area contributed by atoms with Gasteiger partial charge in [-0.2, -0.15) is 13.5 Å². The van der Waals surface area contributed by atoms with Crippen molar-refractivity contribution < 1.29 is 32.8 Å². The number of rotatable bonds is 5. The van der Waals surface area contributed by atoms with Gasteiger partial charge in [0.15, 0.2) is 11.6 Å². The minimum absolute atomic E-state index is 0.109. The first-order valence-electron chi connectivity index (χ1n) is 13.0. The lowest BCUT2D eigenvalue weighted by atomic mass is 9.83. The van der Waals surface area contributed by atoms with Crippen molar-refractivity contribution >= 4 is 71.3 Å². The van der Waals surface area contributed by atoms with Crippen LogP contribution < -0.4 is 10.4 Å². The van der Waals surface area contributed by atoms with E-state index in [4.69, 9.17) is 57.0 Å². The number of benzene rings is 2. The van der Waals surface area contributed by atoms with Gasteiger partial charge in [0, 0.05) is 35.5 Å². The second-order valence-electron chi connectivity index (χ2n) is 9.01. The van der Waals surface area contributed by atoms with Crippen molar-refractivity contribution in [2.75, 3.05) is 71.3 Å². The quantitative estimate of drug-likeness (QED) is 0.210. The molecule has 2 N–H and O–H groups in total. The summed E-state index contributed by atoms with van der Waals surface area (Å²) >= 11 is 19.7. The standard InChI is InChI=1S/C24H29Cl3N5O7P3/c25-40(26)30-41(27)32-42(31-40,39-17-15-37-13-11-35-10-12-36-14-16-38-41)29-9-8-28-21-7-3-6-20-22(21)24(34)19-5-2-1-4-18(19)23(20)33/h1-7,28-29H,8-17H2. The van der Waals surface area contributed by atoms with Crippen LogP contribution in [0.2, 0.25) is 0 Å². The number of halogens is 3. The molecule has 2 unspecified atom stereocenters. The van der Waals surface area contributed by atoms with E-state index < -0.39 is 20.3 Å². The molecule has 18 heteroatoms. The first-order valence-corrected chi connectivity index (χ1v) is 20.7. The molecular weight excluding hydrogens is 670 g/mol. The Labute approximate surface area is 257 Å². The molecule has 2 aromatic carbocycles. The molecule has 2 aliphatic heterocycles. The van der Waals surface area contributed by atoms with Crippen LogP contribution in [0.15, 0.2) is 56.0 Å². The number of hydrogen-bond donors (Lipinski definition) is 2. The fourth-order valence-electron chi connectivity index (χ4n) is 4.36. The minimum atomic E-state index is -3.34. The van der Waals surface area contributed by atoms with Crippen LogP contribution in [0, 0.1) is 0 Å². The zero-order valence-corrected chi connectivity index (χ0v) is 27.2. The number of ether oxygens (including phenoxy) is 3. The molecule has 2 aromatic rings. The highest BCUT2D eigenvalue weighted by Crippen LogP contribution is 2.83. The molecule has 1 aliphatic carbocycles. The maximum absolute atomic E-state index is 13.3.